The van der Waals surface area contributed by atoms with Crippen molar-refractivity contribution < 1.29 is 4.43 Å². The lowest BCUT2D eigenvalue weighted by Gasteiger charge is -2.36. The molecule has 0 aromatic heterocycles. The van der Waals surface area contributed by atoms with Crippen LogP contribution in [-0.2, 0) is 12.8 Å². The molecule has 2 heteroatoms. The van der Waals surface area contributed by atoms with Gasteiger partial charge < -0.3 is 4.43 Å². The van der Waals surface area contributed by atoms with Crippen LogP contribution in [0, 0.1) is 0 Å². The van der Waals surface area contributed by atoms with Gasteiger partial charge in [-0.2, -0.15) is 0 Å². The fourth-order valence-corrected chi connectivity index (χ4v) is 3.55. The summed E-state index contributed by atoms with van der Waals surface area (Å²) in [6.45, 7) is 13.6. The molecule has 0 aliphatic rings. The Morgan fingerprint density at radius 3 is 2.12 bits per heavy atom. The Morgan fingerprint density at radius 1 is 0.923 bits per heavy atom. The van der Waals surface area contributed by atoms with E-state index in [1.165, 1.54) is 16.7 Å². The molecule has 0 amide bonds. The van der Waals surface area contributed by atoms with Gasteiger partial charge in [-0.05, 0) is 67.6 Å². The van der Waals surface area contributed by atoms with E-state index in [-0.39, 0.29) is 5.04 Å². The molecule has 2 aromatic rings. The van der Waals surface area contributed by atoms with Gasteiger partial charge in [0.1, 0.15) is 5.75 Å². The van der Waals surface area contributed by atoms with Crippen LogP contribution in [0.15, 0.2) is 66.2 Å². The molecule has 0 radical (unpaired) electrons. The molecule has 0 unspecified atom stereocenters. The van der Waals surface area contributed by atoms with Crippen molar-refractivity contribution in [2.75, 3.05) is 0 Å². The Labute approximate surface area is 161 Å². The molecule has 0 atom stereocenters. The van der Waals surface area contributed by atoms with Gasteiger partial charge in [-0.15, -0.1) is 0 Å². The zero-order valence-electron chi connectivity index (χ0n) is 17.3. The fraction of sp³-hybridized carbons (Fsp3) is 0.417. The summed E-state index contributed by atoms with van der Waals surface area (Å²) in [4.78, 5) is 0. The third kappa shape index (κ3) is 6.17. The van der Waals surface area contributed by atoms with Crippen molar-refractivity contribution in [1.82, 2.24) is 0 Å². The monoisotopic (exact) mass is 366 g/mol. The molecule has 0 saturated heterocycles. The average molecular weight is 367 g/mol. The van der Waals surface area contributed by atoms with Crippen molar-refractivity contribution in [3.63, 3.8) is 0 Å². The first kappa shape index (κ1) is 20.5. The number of benzene rings is 2. The summed E-state index contributed by atoms with van der Waals surface area (Å²) in [5.41, 5.74) is 4.20. The smallest absolute Gasteiger partial charge is 0.250 e. The van der Waals surface area contributed by atoms with E-state index in [0.29, 0.717) is 0 Å². The van der Waals surface area contributed by atoms with E-state index in [1.54, 1.807) is 0 Å². The third-order valence-electron chi connectivity index (χ3n) is 5.44. The standard InChI is InChI=1S/C24H34OSi/c1-20(12-14-21-10-8-7-9-11-21)13-15-22-16-18-23(19-17-22)25-26(5,6)24(2,3)4/h7-12,16-19H,13-15H2,1-6H3. The molecule has 140 valence electrons. The summed E-state index contributed by atoms with van der Waals surface area (Å²) < 4.78 is 6.36. The van der Waals surface area contributed by atoms with Crippen LogP contribution < -0.4 is 4.43 Å². The second kappa shape index (κ2) is 8.72. The Bertz CT molecular complexity index is 706. The quantitative estimate of drug-likeness (QED) is 0.372. The summed E-state index contributed by atoms with van der Waals surface area (Å²) in [6, 6.07) is 19.4. The molecule has 0 bridgehead atoms. The lowest BCUT2D eigenvalue weighted by atomic mass is 10.0. The van der Waals surface area contributed by atoms with Gasteiger partial charge in [0.15, 0.2) is 0 Å². The van der Waals surface area contributed by atoms with Crippen LogP contribution >= 0.6 is 0 Å². The summed E-state index contributed by atoms with van der Waals surface area (Å²) in [5.74, 6) is 1.01. The van der Waals surface area contributed by atoms with Crippen molar-refractivity contribution in [3.8, 4) is 5.75 Å². The maximum Gasteiger partial charge on any atom is 0.250 e. The van der Waals surface area contributed by atoms with Crippen molar-refractivity contribution >= 4 is 8.32 Å². The van der Waals surface area contributed by atoms with Crippen LogP contribution in [-0.4, -0.2) is 8.32 Å². The molecule has 0 spiro atoms. The van der Waals surface area contributed by atoms with Crippen LogP contribution in [0.4, 0.5) is 0 Å². The van der Waals surface area contributed by atoms with Gasteiger partial charge in [0.2, 0.25) is 8.32 Å². The molecular weight excluding hydrogens is 332 g/mol. The molecule has 0 aliphatic heterocycles. The topological polar surface area (TPSA) is 9.23 Å². The first-order chi connectivity index (χ1) is 12.2. The molecular formula is C24H34OSi. The highest BCUT2D eigenvalue weighted by Gasteiger charge is 2.38. The van der Waals surface area contributed by atoms with E-state index in [4.69, 9.17) is 4.43 Å². The van der Waals surface area contributed by atoms with Gasteiger partial charge in [-0.1, -0.05) is 74.9 Å². The number of hydrogen-bond acceptors (Lipinski definition) is 1. The summed E-state index contributed by atoms with van der Waals surface area (Å²) in [6.07, 6.45) is 5.56. The average Bonchev–Trinajstić information content (AvgIpc) is 2.59. The minimum atomic E-state index is -1.75. The van der Waals surface area contributed by atoms with Crippen molar-refractivity contribution in [2.24, 2.45) is 0 Å². The van der Waals surface area contributed by atoms with Crippen molar-refractivity contribution in [1.29, 1.82) is 0 Å². The third-order valence-corrected chi connectivity index (χ3v) is 9.80. The molecule has 0 N–H and O–H groups in total. The van der Waals surface area contributed by atoms with Crippen LogP contribution in [0.5, 0.6) is 5.75 Å². The predicted octanol–water partition coefficient (Wildman–Crippen LogP) is 7.19. The van der Waals surface area contributed by atoms with Crippen molar-refractivity contribution in [2.45, 2.75) is 65.1 Å². The number of hydrogen-bond donors (Lipinski definition) is 0. The van der Waals surface area contributed by atoms with Crippen molar-refractivity contribution in [3.05, 3.63) is 77.4 Å². The number of allylic oxidation sites excluding steroid dienone is 2. The predicted molar refractivity (Wildman–Crippen MR) is 116 cm³/mol. The van der Waals surface area contributed by atoms with Crippen LogP contribution in [0.25, 0.3) is 0 Å². The first-order valence-corrected chi connectivity index (χ1v) is 12.6. The molecule has 2 aromatic carbocycles. The highest BCUT2D eigenvalue weighted by Crippen LogP contribution is 2.37. The summed E-state index contributed by atoms with van der Waals surface area (Å²) in [5, 5.41) is 0.229. The minimum Gasteiger partial charge on any atom is -0.544 e. The van der Waals surface area contributed by atoms with Crippen LogP contribution in [0.1, 0.15) is 45.2 Å². The maximum atomic E-state index is 6.36. The van der Waals surface area contributed by atoms with E-state index < -0.39 is 8.32 Å². The highest BCUT2D eigenvalue weighted by atomic mass is 28.4. The van der Waals surface area contributed by atoms with Gasteiger partial charge in [-0.25, -0.2) is 0 Å². The fourth-order valence-electron chi connectivity index (χ4n) is 2.52. The van der Waals surface area contributed by atoms with Crippen LogP contribution in [0.3, 0.4) is 0 Å². The largest absolute Gasteiger partial charge is 0.544 e. The SMILES string of the molecule is CC(=CCc1ccccc1)CCc1ccc(O[Si](C)(C)C(C)(C)C)cc1. The van der Waals surface area contributed by atoms with Gasteiger partial charge in [0.05, 0.1) is 0 Å². The zero-order valence-corrected chi connectivity index (χ0v) is 18.3. The Balaban J connectivity index is 1.87. The molecule has 0 fully saturated rings. The van der Waals surface area contributed by atoms with E-state index in [9.17, 15) is 0 Å². The maximum absolute atomic E-state index is 6.36. The second-order valence-corrected chi connectivity index (χ2v) is 13.5. The molecule has 0 saturated carbocycles. The minimum absolute atomic E-state index is 0.229. The Morgan fingerprint density at radius 2 is 1.54 bits per heavy atom. The van der Waals surface area contributed by atoms with E-state index in [1.807, 2.05) is 0 Å². The van der Waals surface area contributed by atoms with Gasteiger partial charge in [-0.3, -0.25) is 0 Å². The Hall–Kier alpha value is -1.80. The lowest BCUT2D eigenvalue weighted by Crippen LogP contribution is -2.43. The molecule has 26 heavy (non-hydrogen) atoms. The van der Waals surface area contributed by atoms with Gasteiger partial charge in [0.25, 0.3) is 0 Å². The first-order valence-electron chi connectivity index (χ1n) is 9.65. The molecule has 0 heterocycles. The van der Waals surface area contributed by atoms with Crippen LogP contribution in [0.2, 0.25) is 18.1 Å². The zero-order chi connectivity index (χ0) is 19.2. The molecule has 0 aliphatic carbocycles. The lowest BCUT2D eigenvalue weighted by molar-refractivity contribution is 0.492. The van der Waals surface area contributed by atoms with Gasteiger partial charge >= 0.3 is 0 Å². The van der Waals surface area contributed by atoms with E-state index in [2.05, 4.69) is 101 Å². The summed E-state index contributed by atoms with van der Waals surface area (Å²) >= 11 is 0. The highest BCUT2D eigenvalue weighted by molar-refractivity contribution is 6.74. The van der Waals surface area contributed by atoms with Gasteiger partial charge in [0, 0.05) is 0 Å². The second-order valence-electron chi connectivity index (χ2n) is 8.75. The summed E-state index contributed by atoms with van der Waals surface area (Å²) in [7, 11) is -1.75. The molecule has 1 nitrogen and oxygen atoms in total. The van der Waals surface area contributed by atoms with E-state index >= 15 is 0 Å². The Kier molecular flexibility index (Phi) is 6.88. The number of rotatable bonds is 7. The molecule has 2 rings (SSSR count). The van der Waals surface area contributed by atoms with E-state index in [0.717, 1.165) is 25.0 Å². The number of aryl methyl sites for hydroxylation is 1. The normalized spacial score (nSPS) is 12.9.